The number of halogens is 1. The molecule has 0 radical (unpaired) electrons. The van der Waals surface area contributed by atoms with E-state index < -0.39 is 35.4 Å². The van der Waals surface area contributed by atoms with Crippen molar-refractivity contribution in [1.29, 1.82) is 5.26 Å². The van der Waals surface area contributed by atoms with Crippen molar-refractivity contribution in [2.24, 2.45) is 5.92 Å². The van der Waals surface area contributed by atoms with E-state index in [1.165, 1.54) is 6.20 Å². The minimum absolute atomic E-state index is 0.0823. The summed E-state index contributed by atoms with van der Waals surface area (Å²) in [6, 6.07) is 17.0. The molecule has 2 unspecified atom stereocenters. The van der Waals surface area contributed by atoms with Gasteiger partial charge in [0.2, 0.25) is 11.2 Å². The zero-order valence-corrected chi connectivity index (χ0v) is 18.2. The normalized spacial score (nSPS) is 12.9. The molecule has 0 aliphatic heterocycles. The topological polar surface area (TPSA) is 127 Å². The van der Waals surface area contributed by atoms with E-state index in [4.69, 9.17) is 4.42 Å². The first-order valence-corrected chi connectivity index (χ1v) is 10.5. The van der Waals surface area contributed by atoms with E-state index in [9.17, 15) is 25.1 Å². The number of aromatic hydroxyl groups is 1. The SMILES string of the molecule is N#CC(C(=O)c1c[nH]c2ccccc12)C(c1ccc(Br)cc1)c1oc(CO)cc(=O)c1O. The number of aliphatic hydroxyl groups excluding tert-OH is 1. The van der Waals surface area contributed by atoms with E-state index in [0.717, 1.165) is 16.1 Å². The van der Waals surface area contributed by atoms with Gasteiger partial charge in [0.25, 0.3) is 0 Å². The Bertz CT molecular complexity index is 1400. The largest absolute Gasteiger partial charge is 0.502 e. The summed E-state index contributed by atoms with van der Waals surface area (Å²) in [7, 11) is 0. The van der Waals surface area contributed by atoms with Crippen molar-refractivity contribution in [3.63, 3.8) is 0 Å². The zero-order chi connectivity index (χ0) is 22.8. The standard InChI is InChI=1S/C24H17BrN2O5/c25-14-7-5-13(6-8-14)21(24-23(31)20(29)9-15(12-28)32-24)17(10-26)22(30)18-11-27-19-4-2-1-3-16(18)19/h1-9,11,17,21,27-28,31H,12H2. The lowest BCUT2D eigenvalue weighted by Crippen LogP contribution is -2.24. The average molecular weight is 493 g/mol. The van der Waals surface area contributed by atoms with Gasteiger partial charge < -0.3 is 19.6 Å². The Labute approximate surface area is 190 Å². The molecule has 0 fully saturated rings. The summed E-state index contributed by atoms with van der Waals surface area (Å²) in [6.45, 7) is -0.580. The molecule has 0 saturated carbocycles. The molecule has 2 aromatic heterocycles. The first-order valence-electron chi connectivity index (χ1n) is 9.66. The molecule has 2 atom stereocenters. The van der Waals surface area contributed by atoms with Crippen molar-refractivity contribution in [3.8, 4) is 11.8 Å². The van der Waals surface area contributed by atoms with Gasteiger partial charge in [-0.25, -0.2) is 0 Å². The van der Waals surface area contributed by atoms with Crippen molar-refractivity contribution < 1.29 is 19.4 Å². The molecule has 2 aromatic carbocycles. The fourth-order valence-corrected chi connectivity index (χ4v) is 4.00. The fourth-order valence-electron chi connectivity index (χ4n) is 3.74. The van der Waals surface area contributed by atoms with Crippen molar-refractivity contribution in [1.82, 2.24) is 4.98 Å². The molecule has 8 heteroatoms. The van der Waals surface area contributed by atoms with Gasteiger partial charge >= 0.3 is 0 Å². The second-order valence-electron chi connectivity index (χ2n) is 7.20. The molecule has 0 aliphatic carbocycles. The van der Waals surface area contributed by atoms with Crippen LogP contribution in [0, 0.1) is 17.2 Å². The van der Waals surface area contributed by atoms with Gasteiger partial charge in [-0.05, 0) is 23.8 Å². The van der Waals surface area contributed by atoms with E-state index in [0.29, 0.717) is 16.5 Å². The summed E-state index contributed by atoms with van der Waals surface area (Å²) in [5, 5.41) is 30.7. The van der Waals surface area contributed by atoms with Crippen LogP contribution in [0.2, 0.25) is 0 Å². The molecule has 0 spiro atoms. The van der Waals surface area contributed by atoms with Gasteiger partial charge in [0, 0.05) is 33.2 Å². The molecule has 4 aromatic rings. The number of aliphatic hydroxyl groups is 1. The third kappa shape index (κ3) is 3.84. The number of benzene rings is 2. The molecule has 32 heavy (non-hydrogen) atoms. The summed E-state index contributed by atoms with van der Waals surface area (Å²) in [4.78, 5) is 28.9. The molecule has 0 amide bonds. The Morgan fingerprint density at radius 3 is 2.59 bits per heavy atom. The van der Waals surface area contributed by atoms with E-state index in [1.807, 2.05) is 18.2 Å². The maximum Gasteiger partial charge on any atom is 0.227 e. The first kappa shape index (κ1) is 21.6. The maximum absolute atomic E-state index is 13.6. The van der Waals surface area contributed by atoms with E-state index in [-0.39, 0.29) is 11.5 Å². The summed E-state index contributed by atoms with van der Waals surface area (Å²) in [5.74, 6) is -3.94. The molecule has 0 bridgehead atoms. The Kier molecular flexibility index (Phi) is 5.95. The molecule has 0 saturated heterocycles. The van der Waals surface area contributed by atoms with Crippen LogP contribution in [0.15, 0.2) is 74.5 Å². The van der Waals surface area contributed by atoms with Crippen molar-refractivity contribution in [3.05, 3.63) is 98.1 Å². The number of carbonyl (C=O) groups is 1. The highest BCUT2D eigenvalue weighted by molar-refractivity contribution is 9.10. The van der Waals surface area contributed by atoms with E-state index in [1.54, 1.807) is 36.4 Å². The smallest absolute Gasteiger partial charge is 0.227 e. The summed E-state index contributed by atoms with van der Waals surface area (Å²) in [6.07, 6.45) is 1.54. The van der Waals surface area contributed by atoms with Gasteiger partial charge in [-0.3, -0.25) is 9.59 Å². The highest BCUT2D eigenvalue weighted by Gasteiger charge is 2.37. The van der Waals surface area contributed by atoms with Crippen LogP contribution < -0.4 is 5.43 Å². The Hall–Kier alpha value is -3.67. The van der Waals surface area contributed by atoms with E-state index in [2.05, 4.69) is 20.9 Å². The first-order chi connectivity index (χ1) is 15.4. The molecule has 3 N–H and O–H groups in total. The zero-order valence-electron chi connectivity index (χ0n) is 16.6. The number of Topliss-reactive ketones (excluding diaryl/α,β-unsaturated/α-hetero) is 1. The Balaban J connectivity index is 1.92. The van der Waals surface area contributed by atoms with Crippen molar-refractivity contribution in [2.45, 2.75) is 12.5 Å². The number of fused-ring (bicyclic) bond motifs is 1. The summed E-state index contributed by atoms with van der Waals surface area (Å²) in [5.41, 5.74) is 0.772. The number of nitrogens with one attached hydrogen (secondary N) is 1. The highest BCUT2D eigenvalue weighted by Crippen LogP contribution is 2.39. The maximum atomic E-state index is 13.6. The number of aromatic nitrogens is 1. The lowest BCUT2D eigenvalue weighted by atomic mass is 9.80. The summed E-state index contributed by atoms with van der Waals surface area (Å²) < 4.78 is 6.37. The number of ketones is 1. The second-order valence-corrected chi connectivity index (χ2v) is 8.11. The van der Waals surface area contributed by atoms with Gasteiger partial charge in [0.05, 0.1) is 12.0 Å². The van der Waals surface area contributed by atoms with Gasteiger partial charge in [-0.1, -0.05) is 46.3 Å². The lowest BCUT2D eigenvalue weighted by Gasteiger charge is -2.22. The van der Waals surface area contributed by atoms with Gasteiger partial charge in [-0.15, -0.1) is 0 Å². The number of aromatic amines is 1. The predicted molar refractivity (Wildman–Crippen MR) is 120 cm³/mol. The quantitative estimate of drug-likeness (QED) is 0.345. The van der Waals surface area contributed by atoms with Crippen LogP contribution in [-0.4, -0.2) is 21.0 Å². The van der Waals surface area contributed by atoms with Crippen molar-refractivity contribution >= 4 is 32.6 Å². The average Bonchev–Trinajstić information content (AvgIpc) is 3.24. The number of rotatable bonds is 6. The highest BCUT2D eigenvalue weighted by atomic mass is 79.9. The van der Waals surface area contributed by atoms with Gasteiger partial charge in [-0.2, -0.15) is 5.26 Å². The van der Waals surface area contributed by atoms with Gasteiger partial charge in [0.1, 0.15) is 18.3 Å². The molecular weight excluding hydrogens is 476 g/mol. The Morgan fingerprint density at radius 2 is 1.91 bits per heavy atom. The number of nitrogens with zero attached hydrogens (tertiary/aromatic N) is 1. The van der Waals surface area contributed by atoms with Crippen LogP contribution in [0.4, 0.5) is 0 Å². The lowest BCUT2D eigenvalue weighted by molar-refractivity contribution is 0.0935. The van der Waals surface area contributed by atoms with Crippen LogP contribution in [-0.2, 0) is 6.61 Å². The number of nitriles is 1. The molecule has 0 aliphatic rings. The molecule has 4 rings (SSSR count). The van der Waals surface area contributed by atoms with Gasteiger partial charge in [0.15, 0.2) is 11.5 Å². The second kappa shape index (κ2) is 8.83. The van der Waals surface area contributed by atoms with E-state index >= 15 is 0 Å². The monoisotopic (exact) mass is 492 g/mol. The predicted octanol–water partition coefficient (Wildman–Crippen LogP) is 4.24. The minimum Gasteiger partial charge on any atom is -0.502 e. The number of carbonyl (C=O) groups excluding carboxylic acids is 1. The Morgan fingerprint density at radius 1 is 1.19 bits per heavy atom. The van der Waals surface area contributed by atoms with Crippen LogP contribution in [0.5, 0.6) is 5.75 Å². The number of hydrogen-bond donors (Lipinski definition) is 3. The van der Waals surface area contributed by atoms with Crippen molar-refractivity contribution in [2.75, 3.05) is 0 Å². The third-order valence-corrected chi connectivity index (χ3v) is 5.81. The summed E-state index contributed by atoms with van der Waals surface area (Å²) >= 11 is 3.35. The molecule has 160 valence electrons. The van der Waals surface area contributed by atoms with Crippen LogP contribution in [0.1, 0.15) is 33.4 Å². The third-order valence-electron chi connectivity index (χ3n) is 5.28. The number of hydrogen-bond acceptors (Lipinski definition) is 6. The number of para-hydroxylation sites is 1. The molecule has 7 nitrogen and oxygen atoms in total. The fraction of sp³-hybridized carbons (Fsp3) is 0.125. The number of H-pyrrole nitrogens is 1. The van der Waals surface area contributed by atoms with Crippen LogP contribution in [0.3, 0.4) is 0 Å². The van der Waals surface area contributed by atoms with Crippen LogP contribution >= 0.6 is 15.9 Å². The molecular formula is C24H17BrN2O5. The minimum atomic E-state index is -1.32. The molecule has 2 heterocycles. The van der Waals surface area contributed by atoms with Crippen LogP contribution in [0.25, 0.3) is 10.9 Å².